The number of phosphoric ester groups is 1. The molecule has 1 unspecified atom stereocenters. The molecule has 9 heteroatoms. The number of aliphatic hydroxyl groups excluding tert-OH is 1. The summed E-state index contributed by atoms with van der Waals surface area (Å²) in [6.45, 7) is 4.71. The van der Waals surface area contributed by atoms with Crippen LogP contribution in [0.3, 0.4) is 0 Å². The van der Waals surface area contributed by atoms with E-state index in [9.17, 15) is 19.4 Å². The first kappa shape index (κ1) is 45.7. The topological polar surface area (TPSA) is 105 Å². The summed E-state index contributed by atoms with van der Waals surface area (Å²) in [5, 5.41) is 13.7. The van der Waals surface area contributed by atoms with Crippen LogP contribution in [0.25, 0.3) is 0 Å². The zero-order chi connectivity index (χ0) is 35.1. The fourth-order valence-corrected chi connectivity index (χ4v) is 5.73. The summed E-state index contributed by atoms with van der Waals surface area (Å²) in [4.78, 5) is 22.9. The van der Waals surface area contributed by atoms with E-state index in [2.05, 4.69) is 43.5 Å². The zero-order valence-corrected chi connectivity index (χ0v) is 31.9. The molecule has 0 aromatic heterocycles. The van der Waals surface area contributed by atoms with E-state index in [0.29, 0.717) is 17.4 Å². The van der Waals surface area contributed by atoms with Crippen molar-refractivity contribution in [3.8, 4) is 0 Å². The Morgan fingerprint density at radius 1 is 0.702 bits per heavy atom. The SMILES string of the molecule is CCCCCC/C=C/CC/C=C/[C@@H](O)[C@H](COP(=O)(O)OCC[N+](C)(C)C)NC(=O)CCCCCCC/C=C/CCCCCCCC. The van der Waals surface area contributed by atoms with E-state index < -0.39 is 20.0 Å². The van der Waals surface area contributed by atoms with Crippen molar-refractivity contribution >= 4 is 13.7 Å². The highest BCUT2D eigenvalue weighted by atomic mass is 31.2. The molecule has 47 heavy (non-hydrogen) atoms. The standard InChI is InChI=1S/C38H73N2O6P/c1-6-8-10-12-14-16-18-19-20-21-22-24-26-28-30-32-38(42)39-36(35-46-47(43,44)45-34-33-40(3,4)5)37(41)31-29-27-25-23-17-15-13-11-9-7-2/h17,19-20,23,29,31,36-37,41H,6-16,18,21-22,24-28,30,32-35H2,1-5H3,(H-,39,42,43,44)/p+1/b20-19+,23-17+,31-29+/t36-,37+/m0/s1. The van der Waals surface area contributed by atoms with Gasteiger partial charge in [-0.2, -0.15) is 0 Å². The Balaban J connectivity index is 4.56. The van der Waals surface area contributed by atoms with Crippen LogP contribution in [0.2, 0.25) is 0 Å². The molecule has 0 saturated heterocycles. The summed E-state index contributed by atoms with van der Waals surface area (Å²) in [7, 11) is 1.54. The molecule has 0 heterocycles. The summed E-state index contributed by atoms with van der Waals surface area (Å²) < 4.78 is 23.4. The Morgan fingerprint density at radius 3 is 1.72 bits per heavy atom. The van der Waals surface area contributed by atoms with Gasteiger partial charge < -0.3 is 19.8 Å². The second-order valence-corrected chi connectivity index (χ2v) is 15.4. The number of nitrogens with zero attached hydrogens (tertiary/aromatic N) is 1. The van der Waals surface area contributed by atoms with Crippen LogP contribution in [0, 0.1) is 0 Å². The van der Waals surface area contributed by atoms with Crippen molar-refractivity contribution in [1.82, 2.24) is 5.32 Å². The van der Waals surface area contributed by atoms with Crippen molar-refractivity contribution in [1.29, 1.82) is 0 Å². The normalized spacial score (nSPS) is 15.1. The molecule has 0 aromatic rings. The number of rotatable bonds is 33. The van der Waals surface area contributed by atoms with E-state index in [1.54, 1.807) is 6.08 Å². The van der Waals surface area contributed by atoms with Gasteiger partial charge >= 0.3 is 7.82 Å². The third kappa shape index (κ3) is 33.0. The molecule has 0 saturated carbocycles. The Hall–Kier alpha value is -1.28. The Kier molecular flexibility index (Phi) is 29.9. The van der Waals surface area contributed by atoms with Crippen LogP contribution < -0.4 is 5.32 Å². The highest BCUT2D eigenvalue weighted by Gasteiger charge is 2.27. The minimum absolute atomic E-state index is 0.0539. The van der Waals surface area contributed by atoms with Gasteiger partial charge in [0.05, 0.1) is 39.9 Å². The lowest BCUT2D eigenvalue weighted by atomic mass is 10.1. The van der Waals surface area contributed by atoms with E-state index in [1.807, 2.05) is 27.2 Å². The van der Waals surface area contributed by atoms with Gasteiger partial charge in [-0.05, 0) is 57.8 Å². The lowest BCUT2D eigenvalue weighted by molar-refractivity contribution is -0.870. The summed E-state index contributed by atoms with van der Waals surface area (Å²) in [6.07, 6.45) is 35.0. The number of hydrogen-bond donors (Lipinski definition) is 3. The number of carbonyl (C=O) groups is 1. The number of carbonyl (C=O) groups excluding carboxylic acids is 1. The van der Waals surface area contributed by atoms with Gasteiger partial charge in [0, 0.05) is 6.42 Å². The molecule has 0 rings (SSSR count). The van der Waals surface area contributed by atoms with Crippen molar-refractivity contribution < 1.29 is 32.9 Å². The van der Waals surface area contributed by atoms with Crippen LogP contribution in [0.5, 0.6) is 0 Å². The molecular formula is C38H74N2O6P+. The number of likely N-dealkylation sites (N-methyl/N-ethyl adjacent to an activating group) is 1. The molecule has 0 aliphatic heterocycles. The summed E-state index contributed by atoms with van der Waals surface area (Å²) in [5.41, 5.74) is 0. The predicted octanol–water partition coefficient (Wildman–Crippen LogP) is 9.57. The number of phosphoric acid groups is 1. The Morgan fingerprint density at radius 2 is 1.17 bits per heavy atom. The molecule has 8 nitrogen and oxygen atoms in total. The van der Waals surface area contributed by atoms with E-state index >= 15 is 0 Å². The van der Waals surface area contributed by atoms with Gasteiger partial charge in [0.2, 0.25) is 5.91 Å². The van der Waals surface area contributed by atoms with Crippen LogP contribution in [-0.4, -0.2) is 73.4 Å². The molecule has 0 bridgehead atoms. The van der Waals surface area contributed by atoms with E-state index in [4.69, 9.17) is 9.05 Å². The molecule has 276 valence electrons. The van der Waals surface area contributed by atoms with Gasteiger partial charge in [-0.3, -0.25) is 13.8 Å². The van der Waals surface area contributed by atoms with E-state index in [0.717, 1.165) is 51.4 Å². The second-order valence-electron chi connectivity index (χ2n) is 13.9. The van der Waals surface area contributed by atoms with Gasteiger partial charge in [-0.1, -0.05) is 121 Å². The van der Waals surface area contributed by atoms with Crippen LogP contribution in [0.15, 0.2) is 36.5 Å². The fraction of sp³-hybridized carbons (Fsp3) is 0.816. The number of unbranched alkanes of at least 4 members (excludes halogenated alkanes) is 16. The molecular weight excluding hydrogens is 611 g/mol. The van der Waals surface area contributed by atoms with Crippen molar-refractivity contribution in [3.05, 3.63) is 36.5 Å². The van der Waals surface area contributed by atoms with Gasteiger partial charge in [-0.25, -0.2) is 4.57 Å². The van der Waals surface area contributed by atoms with Gasteiger partial charge in [0.1, 0.15) is 13.2 Å². The smallest absolute Gasteiger partial charge is 0.387 e. The third-order valence-corrected chi connectivity index (χ3v) is 9.07. The molecule has 3 N–H and O–H groups in total. The molecule has 0 aromatic carbocycles. The maximum Gasteiger partial charge on any atom is 0.472 e. The minimum atomic E-state index is -4.33. The Labute approximate surface area is 289 Å². The number of hydrogen-bond acceptors (Lipinski definition) is 5. The first-order chi connectivity index (χ1) is 22.5. The highest BCUT2D eigenvalue weighted by molar-refractivity contribution is 7.47. The molecule has 3 atom stereocenters. The average molecular weight is 686 g/mol. The Bertz CT molecular complexity index is 871. The first-order valence-corrected chi connectivity index (χ1v) is 20.4. The summed E-state index contributed by atoms with van der Waals surface area (Å²) in [6, 6.07) is -0.863. The first-order valence-electron chi connectivity index (χ1n) is 18.9. The summed E-state index contributed by atoms with van der Waals surface area (Å²) in [5.74, 6) is -0.201. The average Bonchev–Trinajstić information content (AvgIpc) is 3.01. The van der Waals surface area contributed by atoms with Crippen LogP contribution in [0.4, 0.5) is 0 Å². The number of quaternary nitrogens is 1. The van der Waals surface area contributed by atoms with E-state index in [-0.39, 0.29) is 19.1 Å². The number of amides is 1. The van der Waals surface area contributed by atoms with Crippen molar-refractivity contribution in [2.45, 2.75) is 161 Å². The predicted molar refractivity (Wildman–Crippen MR) is 198 cm³/mol. The maximum atomic E-state index is 12.8. The largest absolute Gasteiger partial charge is 0.472 e. The highest BCUT2D eigenvalue weighted by Crippen LogP contribution is 2.43. The summed E-state index contributed by atoms with van der Waals surface area (Å²) >= 11 is 0. The van der Waals surface area contributed by atoms with Crippen LogP contribution in [0.1, 0.15) is 149 Å². The molecule has 0 fully saturated rings. The minimum Gasteiger partial charge on any atom is -0.387 e. The van der Waals surface area contributed by atoms with Crippen molar-refractivity contribution in [2.24, 2.45) is 0 Å². The van der Waals surface area contributed by atoms with Crippen molar-refractivity contribution in [2.75, 3.05) is 40.9 Å². The van der Waals surface area contributed by atoms with Crippen LogP contribution in [-0.2, 0) is 18.4 Å². The molecule has 1 amide bonds. The quantitative estimate of drug-likeness (QED) is 0.0275. The molecule has 0 aliphatic carbocycles. The van der Waals surface area contributed by atoms with E-state index in [1.165, 1.54) is 77.0 Å². The van der Waals surface area contributed by atoms with Crippen LogP contribution >= 0.6 is 7.82 Å². The maximum absolute atomic E-state index is 12.8. The number of aliphatic hydroxyl groups is 1. The lowest BCUT2D eigenvalue weighted by Gasteiger charge is -2.25. The molecule has 0 spiro atoms. The monoisotopic (exact) mass is 686 g/mol. The number of allylic oxidation sites excluding steroid dienone is 5. The third-order valence-electron chi connectivity index (χ3n) is 8.08. The fourth-order valence-electron chi connectivity index (χ4n) is 4.99. The lowest BCUT2D eigenvalue weighted by Crippen LogP contribution is -2.45. The number of nitrogens with one attached hydrogen (secondary N) is 1. The molecule has 0 aliphatic rings. The van der Waals surface area contributed by atoms with Gasteiger partial charge in [-0.15, -0.1) is 0 Å². The zero-order valence-electron chi connectivity index (χ0n) is 31.0. The molecule has 0 radical (unpaired) electrons. The van der Waals surface area contributed by atoms with Crippen molar-refractivity contribution in [3.63, 3.8) is 0 Å². The second kappa shape index (κ2) is 30.8. The van der Waals surface area contributed by atoms with Gasteiger partial charge in [0.15, 0.2) is 0 Å². The van der Waals surface area contributed by atoms with Gasteiger partial charge in [0.25, 0.3) is 0 Å².